The maximum Gasteiger partial charge on any atom is 0.397 e. The topological polar surface area (TPSA) is 55.0 Å². The number of benzene rings is 1. The first-order chi connectivity index (χ1) is 12.5. The Morgan fingerprint density at radius 3 is 2.37 bits per heavy atom. The number of H-pyrrole nitrogens is 1. The molecule has 27 heavy (non-hydrogen) atoms. The summed E-state index contributed by atoms with van der Waals surface area (Å²) >= 11 is 0. The van der Waals surface area contributed by atoms with E-state index in [1.807, 2.05) is 0 Å². The minimum Gasteiger partial charge on any atom is -0.481 e. The Balaban J connectivity index is 2.11. The molecule has 0 saturated carbocycles. The van der Waals surface area contributed by atoms with E-state index >= 15 is 0 Å². The zero-order valence-electron chi connectivity index (χ0n) is 15.4. The summed E-state index contributed by atoms with van der Waals surface area (Å²) in [4.78, 5) is 19.7. The predicted molar refractivity (Wildman–Crippen MR) is 98.2 cm³/mol. The molecule has 3 aromatic rings. The van der Waals surface area contributed by atoms with Crippen molar-refractivity contribution in [1.82, 2.24) is 9.97 Å². The number of alkyl halides is 3. The van der Waals surface area contributed by atoms with Gasteiger partial charge in [-0.1, -0.05) is 18.2 Å². The minimum atomic E-state index is -4.36. The number of rotatable bonds is 3. The van der Waals surface area contributed by atoms with Crippen molar-refractivity contribution in [2.24, 2.45) is 0 Å². The second kappa shape index (κ2) is 6.40. The molecule has 0 saturated heterocycles. The molecule has 4 nitrogen and oxygen atoms in total. The molecule has 0 amide bonds. The first kappa shape index (κ1) is 18.9. The van der Waals surface area contributed by atoms with Gasteiger partial charge in [-0.05, 0) is 38.0 Å². The van der Waals surface area contributed by atoms with Gasteiger partial charge in [0.05, 0.1) is 23.7 Å². The van der Waals surface area contributed by atoms with E-state index in [1.165, 1.54) is 25.3 Å². The minimum absolute atomic E-state index is 0.172. The van der Waals surface area contributed by atoms with Crippen LogP contribution in [0.25, 0.3) is 22.3 Å². The van der Waals surface area contributed by atoms with Crippen LogP contribution in [0.4, 0.5) is 13.2 Å². The fourth-order valence-electron chi connectivity index (χ4n) is 2.89. The van der Waals surface area contributed by atoms with Gasteiger partial charge in [0.2, 0.25) is 11.3 Å². The van der Waals surface area contributed by atoms with Crippen LogP contribution in [0.3, 0.4) is 0 Å². The van der Waals surface area contributed by atoms with Gasteiger partial charge in [-0.2, -0.15) is 13.2 Å². The second-order valence-corrected chi connectivity index (χ2v) is 6.95. The average molecular weight is 376 g/mol. The zero-order valence-corrected chi connectivity index (χ0v) is 15.4. The molecule has 0 aliphatic rings. The largest absolute Gasteiger partial charge is 0.481 e. The summed E-state index contributed by atoms with van der Waals surface area (Å²) < 4.78 is 44.9. The normalized spacial score (nSPS) is 12.4. The monoisotopic (exact) mass is 376 g/mol. The van der Waals surface area contributed by atoms with Crippen LogP contribution in [0, 0.1) is 6.92 Å². The number of aromatic nitrogens is 2. The van der Waals surface area contributed by atoms with Crippen molar-refractivity contribution in [2.45, 2.75) is 32.4 Å². The van der Waals surface area contributed by atoms with E-state index in [4.69, 9.17) is 4.74 Å². The van der Waals surface area contributed by atoms with Gasteiger partial charge in [0, 0.05) is 17.7 Å². The number of halogens is 3. The van der Waals surface area contributed by atoms with E-state index in [9.17, 15) is 18.0 Å². The lowest BCUT2D eigenvalue weighted by molar-refractivity contribution is -0.180. The Kier molecular flexibility index (Phi) is 4.49. The van der Waals surface area contributed by atoms with Crippen molar-refractivity contribution >= 4 is 11.0 Å². The van der Waals surface area contributed by atoms with Crippen LogP contribution >= 0.6 is 0 Å². The fourth-order valence-corrected chi connectivity index (χ4v) is 2.89. The number of fused-ring (bicyclic) bond motifs is 1. The third-order valence-corrected chi connectivity index (χ3v) is 4.80. The molecule has 1 N–H and O–H groups in total. The van der Waals surface area contributed by atoms with Gasteiger partial charge in [0.15, 0.2) is 0 Å². The number of nitrogens with one attached hydrogen (secondary N) is 1. The van der Waals surface area contributed by atoms with Crippen LogP contribution in [0.15, 0.2) is 41.2 Å². The summed E-state index contributed by atoms with van der Waals surface area (Å²) in [6.07, 6.45) is -4.36. The van der Waals surface area contributed by atoms with Crippen LogP contribution in [-0.4, -0.2) is 23.3 Å². The number of aromatic amines is 1. The number of methoxy groups -OCH3 is 1. The molecule has 0 aliphatic heterocycles. The third kappa shape index (κ3) is 3.29. The molecular formula is C20H19F3N2O2. The van der Waals surface area contributed by atoms with Gasteiger partial charge in [-0.15, -0.1) is 0 Å². The molecule has 0 bridgehead atoms. The molecule has 2 aromatic heterocycles. The smallest absolute Gasteiger partial charge is 0.397 e. The Morgan fingerprint density at radius 1 is 1.07 bits per heavy atom. The Morgan fingerprint density at radius 2 is 1.78 bits per heavy atom. The Bertz CT molecular complexity index is 1070. The van der Waals surface area contributed by atoms with Gasteiger partial charge in [-0.3, -0.25) is 4.79 Å². The predicted octanol–water partition coefficient (Wildman–Crippen LogP) is 4.75. The average Bonchev–Trinajstić information content (AvgIpc) is 2.60. The molecule has 142 valence electrons. The van der Waals surface area contributed by atoms with Gasteiger partial charge in [0.25, 0.3) is 0 Å². The molecule has 1 aromatic carbocycles. The molecule has 0 unspecified atom stereocenters. The molecule has 0 atom stereocenters. The van der Waals surface area contributed by atoms with Crippen LogP contribution < -0.4 is 10.2 Å². The highest BCUT2D eigenvalue weighted by atomic mass is 19.4. The van der Waals surface area contributed by atoms with E-state index < -0.39 is 11.6 Å². The van der Waals surface area contributed by atoms with Crippen molar-refractivity contribution in [2.75, 3.05) is 7.11 Å². The summed E-state index contributed by atoms with van der Waals surface area (Å²) in [5.41, 5.74) is 0.500. The third-order valence-electron chi connectivity index (χ3n) is 4.80. The maximum absolute atomic E-state index is 13.3. The van der Waals surface area contributed by atoms with E-state index in [0.29, 0.717) is 28.2 Å². The van der Waals surface area contributed by atoms with Crippen molar-refractivity contribution < 1.29 is 17.9 Å². The van der Waals surface area contributed by atoms with E-state index in [0.717, 1.165) is 13.8 Å². The first-order valence-electron chi connectivity index (χ1n) is 8.31. The highest BCUT2D eigenvalue weighted by Gasteiger charge is 2.48. The first-order valence-corrected chi connectivity index (χ1v) is 8.31. The SMILES string of the molecule is COc1ccc2[nH]c(-c3ccc(C(C)(C)C(F)(F)F)cc3C)cc(=O)c2n1. The van der Waals surface area contributed by atoms with Gasteiger partial charge < -0.3 is 9.72 Å². The molecule has 0 spiro atoms. The number of aryl methyl sites for hydroxylation is 1. The molecule has 7 heteroatoms. The van der Waals surface area contributed by atoms with Crippen LogP contribution in [0.5, 0.6) is 5.88 Å². The quantitative estimate of drug-likeness (QED) is 0.718. The van der Waals surface area contributed by atoms with Gasteiger partial charge in [-0.25, -0.2) is 4.98 Å². The molecule has 3 rings (SSSR count). The summed E-state index contributed by atoms with van der Waals surface area (Å²) in [6.45, 7) is 4.02. The van der Waals surface area contributed by atoms with Gasteiger partial charge in [0.1, 0.15) is 5.52 Å². The Hall–Kier alpha value is -2.83. The van der Waals surface area contributed by atoms with Crippen LogP contribution in [0.1, 0.15) is 25.0 Å². The molecule has 2 heterocycles. The number of nitrogens with zero attached hydrogens (tertiary/aromatic N) is 1. The highest BCUT2D eigenvalue weighted by Crippen LogP contribution is 2.41. The summed E-state index contributed by atoms with van der Waals surface area (Å²) in [6, 6.07) is 9.27. The number of ether oxygens (including phenoxy) is 1. The standard InChI is InChI=1S/C20H19F3N2O2/c1-11-9-12(19(2,3)20(21,22)23)5-6-13(11)15-10-16(26)18-14(24-15)7-8-17(25-18)27-4/h5-10H,1-4H3,(H,24,26). The second-order valence-electron chi connectivity index (χ2n) is 6.95. The van der Waals surface area contributed by atoms with Gasteiger partial charge >= 0.3 is 6.18 Å². The zero-order chi connectivity index (χ0) is 20.0. The molecule has 0 radical (unpaired) electrons. The van der Waals surface area contributed by atoms with E-state index in [2.05, 4.69) is 9.97 Å². The van der Waals surface area contributed by atoms with E-state index in [-0.39, 0.29) is 16.5 Å². The Labute approximate surface area is 154 Å². The van der Waals surface area contributed by atoms with Crippen LogP contribution in [0.2, 0.25) is 0 Å². The summed E-state index contributed by atoms with van der Waals surface area (Å²) in [5, 5.41) is 0. The van der Waals surface area contributed by atoms with Crippen LogP contribution in [-0.2, 0) is 5.41 Å². The van der Waals surface area contributed by atoms with E-state index in [1.54, 1.807) is 25.1 Å². The fraction of sp³-hybridized carbons (Fsp3) is 0.300. The number of hydrogen-bond donors (Lipinski definition) is 1. The van der Waals surface area contributed by atoms with Crippen molar-refractivity contribution in [1.29, 1.82) is 0 Å². The molecule has 0 fully saturated rings. The number of hydrogen-bond acceptors (Lipinski definition) is 3. The lowest BCUT2D eigenvalue weighted by atomic mass is 9.82. The lowest BCUT2D eigenvalue weighted by Gasteiger charge is -2.29. The highest BCUT2D eigenvalue weighted by molar-refractivity contribution is 5.79. The molecular weight excluding hydrogens is 357 g/mol. The van der Waals surface area contributed by atoms with Crippen molar-refractivity contribution in [3.8, 4) is 17.1 Å². The van der Waals surface area contributed by atoms with Crippen molar-refractivity contribution in [3.05, 3.63) is 57.7 Å². The molecule has 0 aliphatic carbocycles. The summed E-state index contributed by atoms with van der Waals surface area (Å²) in [5.74, 6) is 0.329. The van der Waals surface area contributed by atoms with Crippen molar-refractivity contribution in [3.63, 3.8) is 0 Å². The maximum atomic E-state index is 13.3. The number of pyridine rings is 2. The summed E-state index contributed by atoms with van der Waals surface area (Å²) in [7, 11) is 1.46. The lowest BCUT2D eigenvalue weighted by Crippen LogP contribution is -2.36.